The van der Waals surface area contributed by atoms with Crippen molar-refractivity contribution in [3.63, 3.8) is 0 Å². The number of fused-ring (bicyclic) bond motifs is 1. The van der Waals surface area contributed by atoms with Gasteiger partial charge < -0.3 is 25.4 Å². The summed E-state index contributed by atoms with van der Waals surface area (Å²) in [6.45, 7) is 4.48. The van der Waals surface area contributed by atoms with Gasteiger partial charge in [0, 0.05) is 26.2 Å². The van der Waals surface area contributed by atoms with Crippen molar-refractivity contribution in [2.75, 3.05) is 34.5 Å². The lowest BCUT2D eigenvalue weighted by molar-refractivity contribution is -0.117. The quantitative estimate of drug-likeness (QED) is 0.346. The molecule has 8 unspecified atom stereocenters. The molecule has 0 amide bonds. The van der Waals surface area contributed by atoms with Gasteiger partial charge in [-0.05, 0) is 14.0 Å². The number of hydrogen-bond donors (Lipinski definition) is 5. The van der Waals surface area contributed by atoms with Crippen LogP contribution in [0.15, 0.2) is 0 Å². The van der Waals surface area contributed by atoms with Gasteiger partial charge in [0.25, 0.3) is 0 Å². The van der Waals surface area contributed by atoms with Gasteiger partial charge in [0.2, 0.25) is 0 Å². The van der Waals surface area contributed by atoms with Crippen LogP contribution in [0, 0.1) is 5.92 Å². The third-order valence-corrected chi connectivity index (χ3v) is 5.62. The number of likely N-dealkylation sites (N-methyl/N-ethyl adjacent to an activating group) is 1. The van der Waals surface area contributed by atoms with Gasteiger partial charge in [-0.15, -0.1) is 0 Å². The normalized spacial score (nSPS) is 37.0. The second kappa shape index (κ2) is 8.35. The van der Waals surface area contributed by atoms with E-state index in [0.717, 1.165) is 0 Å². The van der Waals surface area contributed by atoms with Crippen molar-refractivity contribution in [2.24, 2.45) is 11.7 Å². The highest BCUT2D eigenvalue weighted by molar-refractivity contribution is 5.00. The van der Waals surface area contributed by atoms with Crippen LogP contribution in [0.25, 0.3) is 0 Å². The molecule has 2 aliphatic heterocycles. The van der Waals surface area contributed by atoms with Crippen LogP contribution in [0.3, 0.4) is 0 Å². The van der Waals surface area contributed by atoms with E-state index < -0.39 is 12.2 Å². The number of aliphatic hydroxyl groups excluding tert-OH is 2. The summed E-state index contributed by atoms with van der Waals surface area (Å²) in [5.74, 6) is -0.0960. The van der Waals surface area contributed by atoms with Crippen molar-refractivity contribution >= 4 is 0 Å². The summed E-state index contributed by atoms with van der Waals surface area (Å²) in [6, 6.07) is 0.120. The number of nitrogens with two attached hydrogens (primary N) is 1. The molecule has 0 saturated carbocycles. The molecular formula is C15H33N5O4. The fraction of sp³-hybridized carbons (Fsp3) is 1.00. The zero-order valence-corrected chi connectivity index (χ0v) is 15.2. The number of hydrogen-bond acceptors (Lipinski definition) is 9. The molecule has 2 heterocycles. The molecular weight excluding hydrogens is 314 g/mol. The fourth-order valence-electron chi connectivity index (χ4n) is 3.75. The molecule has 24 heavy (non-hydrogen) atoms. The lowest BCUT2D eigenvalue weighted by atomic mass is 9.91. The Balaban J connectivity index is 2.09. The molecule has 0 aromatic rings. The fourth-order valence-corrected chi connectivity index (χ4v) is 3.75. The van der Waals surface area contributed by atoms with Gasteiger partial charge in [0.15, 0.2) is 0 Å². The molecule has 2 fully saturated rings. The zero-order valence-electron chi connectivity index (χ0n) is 15.2. The van der Waals surface area contributed by atoms with E-state index >= 15 is 0 Å². The predicted molar refractivity (Wildman–Crippen MR) is 89.6 cm³/mol. The Morgan fingerprint density at radius 3 is 2.54 bits per heavy atom. The molecule has 2 saturated heterocycles. The number of rotatable bonds is 7. The lowest BCUT2D eigenvalue weighted by Crippen LogP contribution is -2.72. The average Bonchev–Trinajstić information content (AvgIpc) is 2.98. The smallest absolute Gasteiger partial charge is 0.130 e. The Morgan fingerprint density at radius 2 is 2.00 bits per heavy atom. The maximum atomic E-state index is 10.5. The van der Waals surface area contributed by atoms with Crippen molar-refractivity contribution in [1.82, 2.24) is 20.4 Å². The molecule has 0 aromatic carbocycles. The van der Waals surface area contributed by atoms with Gasteiger partial charge in [-0.2, -0.15) is 0 Å². The Kier molecular flexibility index (Phi) is 6.94. The minimum atomic E-state index is -0.757. The molecule has 2 rings (SSSR count). The topological polar surface area (TPSA) is 115 Å². The van der Waals surface area contributed by atoms with Crippen molar-refractivity contribution in [2.45, 2.75) is 56.8 Å². The minimum Gasteiger partial charge on any atom is -0.394 e. The summed E-state index contributed by atoms with van der Waals surface area (Å²) < 4.78 is 10.8. The Hall–Kier alpha value is -0.360. The van der Waals surface area contributed by atoms with E-state index in [-0.39, 0.29) is 43.3 Å². The van der Waals surface area contributed by atoms with Gasteiger partial charge >= 0.3 is 0 Å². The van der Waals surface area contributed by atoms with Crippen LogP contribution < -0.4 is 16.4 Å². The third-order valence-electron chi connectivity index (χ3n) is 5.62. The maximum absolute atomic E-state index is 10.5. The van der Waals surface area contributed by atoms with Crippen LogP contribution in [0.4, 0.5) is 0 Å². The first kappa shape index (κ1) is 20.0. The summed E-state index contributed by atoms with van der Waals surface area (Å²) in [7, 11) is 5.10. The van der Waals surface area contributed by atoms with E-state index in [1.807, 2.05) is 18.9 Å². The maximum Gasteiger partial charge on any atom is 0.130 e. The highest BCUT2D eigenvalue weighted by atomic mass is 16.5. The van der Waals surface area contributed by atoms with Gasteiger partial charge in [-0.25, -0.2) is 0 Å². The Labute approximate surface area is 144 Å². The van der Waals surface area contributed by atoms with E-state index in [1.165, 1.54) is 7.11 Å². The first-order chi connectivity index (χ1) is 11.4. The predicted octanol–water partition coefficient (Wildman–Crippen LogP) is -2.31. The number of ether oxygens (including phenoxy) is 2. The number of aliphatic hydroxyl groups is 2. The summed E-state index contributed by atoms with van der Waals surface area (Å²) in [5.41, 5.74) is 6.17. The number of nitrogens with zero attached hydrogens (tertiary/aromatic N) is 2. The Morgan fingerprint density at radius 1 is 1.33 bits per heavy atom. The summed E-state index contributed by atoms with van der Waals surface area (Å²) in [4.78, 5) is 4.19. The number of methoxy groups -OCH3 is 2. The van der Waals surface area contributed by atoms with E-state index in [0.29, 0.717) is 6.67 Å². The SMILES string of the molecule is COC(CO)C(O)C(C)C(C)N1CNC2C(OC)N(C)C(N)NC21. The molecule has 0 radical (unpaired) electrons. The number of nitrogens with one attached hydrogen (secondary N) is 2. The van der Waals surface area contributed by atoms with Crippen LogP contribution >= 0.6 is 0 Å². The van der Waals surface area contributed by atoms with E-state index in [9.17, 15) is 10.2 Å². The van der Waals surface area contributed by atoms with Gasteiger partial charge in [0.1, 0.15) is 18.6 Å². The standard InChI is InChI=1S/C15H33N5O4/c1-8(12(22)10(6-21)23-4)9(2)20-7-17-11-13(20)18-15(16)19(3)14(11)24-5/h8-15,17-18,21-22H,6-7,16H2,1-5H3. The van der Waals surface area contributed by atoms with Gasteiger partial charge in [-0.1, -0.05) is 6.92 Å². The lowest BCUT2D eigenvalue weighted by Gasteiger charge is -2.47. The molecule has 2 aliphatic rings. The minimum absolute atomic E-state index is 0.000853. The first-order valence-corrected chi connectivity index (χ1v) is 8.44. The monoisotopic (exact) mass is 347 g/mol. The van der Waals surface area contributed by atoms with E-state index in [2.05, 4.69) is 22.5 Å². The zero-order chi connectivity index (χ0) is 18.0. The van der Waals surface area contributed by atoms with E-state index in [1.54, 1.807) is 7.11 Å². The summed E-state index contributed by atoms with van der Waals surface area (Å²) >= 11 is 0. The molecule has 0 bridgehead atoms. The van der Waals surface area contributed by atoms with Crippen LogP contribution in [0.5, 0.6) is 0 Å². The molecule has 6 N–H and O–H groups in total. The molecule has 9 heteroatoms. The van der Waals surface area contributed by atoms with Gasteiger partial charge in [0.05, 0.1) is 31.6 Å². The second-order valence-corrected chi connectivity index (χ2v) is 6.80. The highest BCUT2D eigenvalue weighted by Crippen LogP contribution is 2.27. The third kappa shape index (κ3) is 3.59. The molecule has 0 spiro atoms. The van der Waals surface area contributed by atoms with Crippen LogP contribution in [-0.4, -0.2) is 97.5 Å². The van der Waals surface area contributed by atoms with E-state index in [4.69, 9.17) is 15.2 Å². The highest BCUT2D eigenvalue weighted by Gasteiger charge is 2.48. The van der Waals surface area contributed by atoms with Crippen LogP contribution in [-0.2, 0) is 9.47 Å². The van der Waals surface area contributed by atoms with Crippen LogP contribution in [0.2, 0.25) is 0 Å². The van der Waals surface area contributed by atoms with Crippen molar-refractivity contribution < 1.29 is 19.7 Å². The second-order valence-electron chi connectivity index (χ2n) is 6.80. The summed E-state index contributed by atoms with van der Waals surface area (Å²) in [6.07, 6.45) is -1.79. The van der Waals surface area contributed by atoms with Gasteiger partial charge in [-0.3, -0.25) is 20.4 Å². The molecule has 8 atom stereocenters. The van der Waals surface area contributed by atoms with Crippen molar-refractivity contribution in [3.05, 3.63) is 0 Å². The van der Waals surface area contributed by atoms with Crippen molar-refractivity contribution in [1.29, 1.82) is 0 Å². The first-order valence-electron chi connectivity index (χ1n) is 8.44. The molecule has 142 valence electrons. The molecule has 9 nitrogen and oxygen atoms in total. The summed E-state index contributed by atoms with van der Waals surface area (Å²) in [5, 5.41) is 26.7. The average molecular weight is 347 g/mol. The van der Waals surface area contributed by atoms with Crippen LogP contribution in [0.1, 0.15) is 13.8 Å². The largest absolute Gasteiger partial charge is 0.394 e. The Bertz CT molecular complexity index is 400. The molecule has 0 aromatic heterocycles. The van der Waals surface area contributed by atoms with Crippen molar-refractivity contribution in [3.8, 4) is 0 Å². The molecule has 0 aliphatic carbocycles.